The van der Waals surface area contributed by atoms with Crippen LogP contribution in [-0.2, 0) is 0 Å². The van der Waals surface area contributed by atoms with Gasteiger partial charge in [0, 0.05) is 60.5 Å². The summed E-state index contributed by atoms with van der Waals surface area (Å²) < 4.78 is 39.3. The molecule has 0 aliphatic carbocycles. The molecule has 4 aromatic heterocycles. The number of amides is 4. The Morgan fingerprint density at radius 1 is 0.676 bits per heavy atom. The molecule has 0 fully saturated rings. The van der Waals surface area contributed by atoms with Gasteiger partial charge in [0.25, 0.3) is 11.8 Å². The Balaban J connectivity index is 0.000000285. The van der Waals surface area contributed by atoms with Crippen molar-refractivity contribution in [3.8, 4) is 34.3 Å². The number of nitrogens with one attached hydrogen (secondary N) is 6. The van der Waals surface area contributed by atoms with E-state index in [1.54, 1.807) is 26.0 Å². The predicted molar refractivity (Wildman–Crippen MR) is 269 cm³/mol. The highest BCUT2D eigenvalue weighted by Gasteiger charge is 2.19. The van der Waals surface area contributed by atoms with Crippen LogP contribution in [0, 0.1) is 16.5 Å². The molecule has 24 heteroatoms. The Kier molecular flexibility index (Phi) is 22.6. The molecular weight excluding hydrogens is 966 g/mol. The van der Waals surface area contributed by atoms with Gasteiger partial charge in [0.15, 0.2) is 34.8 Å². The number of ether oxygens (including phenoxy) is 2. The van der Waals surface area contributed by atoms with Gasteiger partial charge < -0.3 is 47.1 Å². The Bertz CT molecular complexity index is 2740. The highest BCUT2D eigenvalue weighted by atomic mass is 35.5. The predicted octanol–water partition coefficient (Wildman–Crippen LogP) is 8.23. The quantitative estimate of drug-likeness (QED) is 0.0297. The van der Waals surface area contributed by atoms with Crippen molar-refractivity contribution >= 4 is 64.1 Å². The second-order valence-electron chi connectivity index (χ2n) is 15.3. The summed E-state index contributed by atoms with van der Waals surface area (Å²) in [7, 11) is 2.90. The van der Waals surface area contributed by atoms with Gasteiger partial charge in [-0.2, -0.15) is 4.91 Å². The number of nitrogens with zero attached hydrogens (tertiary/aromatic N) is 7. The highest BCUT2D eigenvalue weighted by molar-refractivity contribution is 6.31. The molecule has 0 radical (unpaired) electrons. The number of carbonyl (C=O) groups excluding carboxylic acids is 3. The summed E-state index contributed by atoms with van der Waals surface area (Å²) in [5.74, 6) is -0.447. The standard InChI is InChI=1S/C24H27ClFN7O3.C20H20ClFN6O2.C3H7NO/c1-14(2)31-24(35)29-9-4-8-28-23(34)17-12-27-10-7-19(17)32-22-20(36-3)13-30-21(33-22)16-11-15(25)5-6-18(16)26;1-30-17-11-26-18(13-9-12(21)3-4-15(13)22)28-19(17)27-16-5-8-24-10-14(16)20(29)25-7-2-6-23;1-3(2)4-5/h5-7,10-14H,4,8-9H2,1-3H3,(H,28,34)(H2,29,31,35)(H,27,30,32,33);3-5,8-11H,2,6-7,23H2,1H3,(H,25,29)(H,24,26,27,28);3H,1-2H3. The van der Waals surface area contributed by atoms with E-state index in [-0.39, 0.29) is 75.7 Å². The summed E-state index contributed by atoms with van der Waals surface area (Å²) in [6.07, 6.45) is 9.90. The first-order chi connectivity index (χ1) is 34.1. The number of carbonyl (C=O) groups is 3. The van der Waals surface area contributed by atoms with E-state index in [0.29, 0.717) is 71.8 Å². The number of benzene rings is 2. The molecule has 0 atom stereocenters. The summed E-state index contributed by atoms with van der Waals surface area (Å²) in [6.45, 7) is 8.87. The summed E-state index contributed by atoms with van der Waals surface area (Å²) in [4.78, 5) is 71.3. The second-order valence-corrected chi connectivity index (χ2v) is 16.2. The molecule has 6 aromatic rings. The van der Waals surface area contributed by atoms with Gasteiger partial charge in [0.1, 0.15) is 11.6 Å². The number of urea groups is 1. The Morgan fingerprint density at radius 2 is 1.11 bits per heavy atom. The molecule has 0 spiro atoms. The van der Waals surface area contributed by atoms with Crippen molar-refractivity contribution in [3.63, 3.8) is 0 Å². The Morgan fingerprint density at radius 3 is 1.52 bits per heavy atom. The van der Waals surface area contributed by atoms with Crippen LogP contribution in [0.5, 0.6) is 11.5 Å². The molecule has 4 amide bonds. The van der Waals surface area contributed by atoms with E-state index in [9.17, 15) is 28.1 Å². The lowest BCUT2D eigenvalue weighted by molar-refractivity contribution is 0.0945. The zero-order chi connectivity index (χ0) is 51.9. The van der Waals surface area contributed by atoms with Crippen molar-refractivity contribution in [2.45, 2.75) is 52.6 Å². The number of aromatic nitrogens is 6. The molecule has 4 heterocycles. The minimum atomic E-state index is -0.532. The minimum Gasteiger partial charge on any atom is -0.491 e. The van der Waals surface area contributed by atoms with Crippen molar-refractivity contribution in [1.29, 1.82) is 0 Å². The normalized spacial score (nSPS) is 10.4. The van der Waals surface area contributed by atoms with Gasteiger partial charge in [-0.15, -0.1) is 0 Å². The molecule has 71 heavy (non-hydrogen) atoms. The van der Waals surface area contributed by atoms with E-state index in [0.717, 1.165) is 0 Å². The summed E-state index contributed by atoms with van der Waals surface area (Å²) in [5, 5.41) is 20.5. The lowest BCUT2D eigenvalue weighted by atomic mass is 10.2. The van der Waals surface area contributed by atoms with Gasteiger partial charge in [-0.3, -0.25) is 19.6 Å². The number of nitroso groups, excluding NO2 is 1. The first-order valence-electron chi connectivity index (χ1n) is 21.9. The number of halogens is 4. The van der Waals surface area contributed by atoms with Crippen LogP contribution in [0.4, 0.5) is 36.6 Å². The minimum absolute atomic E-state index is 0.0373. The lowest BCUT2D eigenvalue weighted by Gasteiger charge is -2.14. The van der Waals surface area contributed by atoms with Gasteiger partial charge in [-0.25, -0.2) is 33.5 Å². The smallest absolute Gasteiger partial charge is 0.314 e. The van der Waals surface area contributed by atoms with Gasteiger partial charge in [0.2, 0.25) is 0 Å². The van der Waals surface area contributed by atoms with Crippen molar-refractivity contribution in [2.24, 2.45) is 10.9 Å². The van der Waals surface area contributed by atoms with Crippen LogP contribution in [0.2, 0.25) is 10.0 Å². The van der Waals surface area contributed by atoms with Crippen LogP contribution in [0.1, 0.15) is 61.3 Å². The third-order valence-electron chi connectivity index (χ3n) is 9.15. The summed E-state index contributed by atoms with van der Waals surface area (Å²) >= 11 is 12.0. The van der Waals surface area contributed by atoms with E-state index >= 15 is 0 Å². The molecule has 0 unspecified atom stereocenters. The topological polar surface area (TPSA) is 275 Å². The number of rotatable bonds is 19. The molecule has 0 aliphatic rings. The van der Waals surface area contributed by atoms with Gasteiger partial charge in [0.05, 0.1) is 66.3 Å². The molecule has 0 saturated heterocycles. The molecule has 0 aliphatic heterocycles. The van der Waals surface area contributed by atoms with Crippen LogP contribution in [0.15, 0.2) is 90.9 Å². The molecule has 376 valence electrons. The third kappa shape index (κ3) is 17.7. The summed E-state index contributed by atoms with van der Waals surface area (Å²) in [5.41, 5.74) is 7.16. The molecule has 6 rings (SSSR count). The Hall–Kier alpha value is -7.69. The van der Waals surface area contributed by atoms with Crippen molar-refractivity contribution in [1.82, 2.24) is 51.2 Å². The van der Waals surface area contributed by atoms with Crippen molar-refractivity contribution < 1.29 is 32.6 Å². The van der Waals surface area contributed by atoms with E-state index in [1.165, 1.54) is 87.8 Å². The summed E-state index contributed by atoms with van der Waals surface area (Å²) in [6, 6.07) is 11.2. The number of methoxy groups -OCH3 is 2. The number of anilines is 4. The number of hydrogen-bond acceptors (Lipinski definition) is 16. The maximum absolute atomic E-state index is 14.4. The van der Waals surface area contributed by atoms with Crippen LogP contribution in [0.25, 0.3) is 22.8 Å². The average molecular weight is 1020 g/mol. The van der Waals surface area contributed by atoms with E-state index in [4.69, 9.17) is 38.4 Å². The zero-order valence-electron chi connectivity index (χ0n) is 39.6. The van der Waals surface area contributed by atoms with Gasteiger partial charge in [-0.05, 0) is 95.6 Å². The number of pyridine rings is 2. The van der Waals surface area contributed by atoms with Gasteiger partial charge in [-0.1, -0.05) is 28.4 Å². The SMILES string of the molecule is CC(C)N=O.COc1cnc(-c2cc(Cl)ccc2F)nc1Nc1ccncc1C(=O)NCCCN.COc1cnc(-c2cc(Cl)ccc2F)nc1Nc1ccncc1C(=O)NCCCNC(=O)NC(C)C. The number of hydrogen-bond donors (Lipinski definition) is 7. The van der Waals surface area contributed by atoms with Crippen molar-refractivity contribution in [3.05, 3.63) is 123 Å². The fourth-order valence-electron chi connectivity index (χ4n) is 5.74. The van der Waals surface area contributed by atoms with Crippen LogP contribution < -0.4 is 47.1 Å². The molecule has 20 nitrogen and oxygen atoms in total. The van der Waals surface area contributed by atoms with E-state index in [2.05, 4.69) is 67.0 Å². The Labute approximate surface area is 418 Å². The first kappa shape index (κ1) is 55.9. The molecule has 8 N–H and O–H groups in total. The van der Waals surface area contributed by atoms with Crippen molar-refractivity contribution in [2.75, 3.05) is 51.0 Å². The first-order valence-corrected chi connectivity index (χ1v) is 22.6. The van der Waals surface area contributed by atoms with Gasteiger partial charge >= 0.3 is 6.03 Å². The highest BCUT2D eigenvalue weighted by Crippen LogP contribution is 2.32. The third-order valence-corrected chi connectivity index (χ3v) is 9.62. The maximum Gasteiger partial charge on any atom is 0.314 e. The van der Waals surface area contributed by atoms with Crippen LogP contribution in [0.3, 0.4) is 0 Å². The zero-order valence-corrected chi connectivity index (χ0v) is 41.2. The molecule has 0 bridgehead atoms. The van der Waals surface area contributed by atoms with E-state index in [1.807, 2.05) is 13.8 Å². The lowest BCUT2D eigenvalue weighted by Crippen LogP contribution is -2.40. The fourth-order valence-corrected chi connectivity index (χ4v) is 6.08. The molecular formula is C47H54Cl2F2N14O6. The molecule has 0 saturated carbocycles. The molecule has 2 aromatic carbocycles. The maximum atomic E-state index is 14.4. The number of nitrogens with two attached hydrogens (primary N) is 1. The fraction of sp³-hybridized carbons (Fsp3) is 0.298. The van der Waals surface area contributed by atoms with Crippen LogP contribution >= 0.6 is 23.2 Å². The van der Waals surface area contributed by atoms with Crippen LogP contribution in [-0.4, -0.2) is 100 Å². The largest absolute Gasteiger partial charge is 0.491 e. The second kappa shape index (κ2) is 28.7. The average Bonchev–Trinajstić information content (AvgIpc) is 3.35. The monoisotopic (exact) mass is 1020 g/mol. The van der Waals surface area contributed by atoms with E-state index < -0.39 is 11.6 Å².